The molecule has 3 nitrogen and oxygen atoms in total. The molecule has 14 heavy (non-hydrogen) atoms. The third kappa shape index (κ3) is 3.07. The molecule has 0 saturated carbocycles. The summed E-state index contributed by atoms with van der Waals surface area (Å²) in [4.78, 5) is 11.8. The summed E-state index contributed by atoms with van der Waals surface area (Å²) in [5.41, 5.74) is -0.626. The normalized spacial score (nSPS) is 23.5. The molecule has 0 bridgehead atoms. The van der Waals surface area contributed by atoms with E-state index in [1.807, 2.05) is 13.8 Å². The Bertz CT molecular complexity index is 195. The lowest BCUT2D eigenvalue weighted by Crippen LogP contribution is -2.41. The summed E-state index contributed by atoms with van der Waals surface area (Å²) in [5, 5.41) is 3.37. The van der Waals surface area contributed by atoms with Crippen LogP contribution >= 0.6 is 0 Å². The van der Waals surface area contributed by atoms with E-state index in [2.05, 4.69) is 5.32 Å². The molecule has 0 aromatic carbocycles. The number of hydrogen-bond acceptors (Lipinski definition) is 3. The van der Waals surface area contributed by atoms with E-state index in [9.17, 15) is 4.79 Å². The van der Waals surface area contributed by atoms with Crippen molar-refractivity contribution in [1.29, 1.82) is 0 Å². The number of ketones is 1. The molecule has 0 aliphatic carbocycles. The fraction of sp³-hybridized carbons (Fsp3) is 0.909. The summed E-state index contributed by atoms with van der Waals surface area (Å²) in [5.74, 6) is 0.194. The van der Waals surface area contributed by atoms with Crippen molar-refractivity contribution in [3.63, 3.8) is 0 Å². The van der Waals surface area contributed by atoms with E-state index < -0.39 is 5.60 Å². The number of rotatable bonds is 4. The van der Waals surface area contributed by atoms with E-state index in [1.54, 1.807) is 7.11 Å². The number of ether oxygens (including phenoxy) is 1. The van der Waals surface area contributed by atoms with Gasteiger partial charge in [0.05, 0.1) is 0 Å². The number of carbonyl (C=O) groups excluding carboxylic acids is 1. The van der Waals surface area contributed by atoms with Gasteiger partial charge in [0.2, 0.25) is 0 Å². The fourth-order valence-electron chi connectivity index (χ4n) is 1.68. The first-order valence-electron chi connectivity index (χ1n) is 5.38. The molecule has 1 atom stereocenters. The molecule has 1 aliphatic rings. The average Bonchev–Trinajstić information content (AvgIpc) is 2.19. The van der Waals surface area contributed by atoms with Crippen LogP contribution in [-0.2, 0) is 9.53 Å². The molecule has 1 fully saturated rings. The van der Waals surface area contributed by atoms with E-state index >= 15 is 0 Å². The molecular formula is C11H21NO2. The molecule has 0 radical (unpaired) electrons. The molecule has 1 unspecified atom stereocenters. The summed E-state index contributed by atoms with van der Waals surface area (Å²) in [7, 11) is 1.59. The lowest BCUT2D eigenvalue weighted by atomic mass is 9.93. The Labute approximate surface area is 86.2 Å². The van der Waals surface area contributed by atoms with Gasteiger partial charge in [0.25, 0.3) is 0 Å². The van der Waals surface area contributed by atoms with Gasteiger partial charge in [0.1, 0.15) is 5.60 Å². The molecular weight excluding hydrogens is 178 g/mol. The van der Waals surface area contributed by atoms with Gasteiger partial charge in [-0.2, -0.15) is 0 Å². The van der Waals surface area contributed by atoms with Gasteiger partial charge in [-0.15, -0.1) is 0 Å². The van der Waals surface area contributed by atoms with Crippen molar-refractivity contribution in [2.75, 3.05) is 13.7 Å². The largest absolute Gasteiger partial charge is 0.371 e. The van der Waals surface area contributed by atoms with Crippen LogP contribution in [0.3, 0.4) is 0 Å². The van der Waals surface area contributed by atoms with E-state index in [0.29, 0.717) is 12.5 Å². The van der Waals surface area contributed by atoms with Gasteiger partial charge in [0.15, 0.2) is 5.78 Å². The molecule has 1 heterocycles. The molecule has 0 aromatic rings. The summed E-state index contributed by atoms with van der Waals surface area (Å²) >= 11 is 0. The highest BCUT2D eigenvalue weighted by molar-refractivity contribution is 5.86. The molecule has 1 saturated heterocycles. The van der Waals surface area contributed by atoms with Crippen molar-refractivity contribution in [2.45, 2.75) is 51.2 Å². The topological polar surface area (TPSA) is 38.3 Å². The summed E-state index contributed by atoms with van der Waals surface area (Å²) in [6, 6.07) is 0.366. The third-order valence-corrected chi connectivity index (χ3v) is 3.03. The third-order valence-electron chi connectivity index (χ3n) is 3.03. The molecule has 3 heteroatoms. The van der Waals surface area contributed by atoms with Crippen molar-refractivity contribution in [1.82, 2.24) is 5.32 Å². The molecule has 0 aromatic heterocycles. The zero-order valence-electron chi connectivity index (χ0n) is 9.43. The highest BCUT2D eigenvalue weighted by atomic mass is 16.5. The van der Waals surface area contributed by atoms with E-state index in [1.165, 1.54) is 12.8 Å². The van der Waals surface area contributed by atoms with Gasteiger partial charge in [0, 0.05) is 19.6 Å². The van der Waals surface area contributed by atoms with Crippen LogP contribution in [0.1, 0.15) is 39.5 Å². The van der Waals surface area contributed by atoms with Crippen molar-refractivity contribution in [2.24, 2.45) is 0 Å². The zero-order valence-corrected chi connectivity index (χ0v) is 9.43. The second-order valence-electron chi connectivity index (χ2n) is 4.49. The Kier molecular flexibility index (Phi) is 4.08. The lowest BCUT2D eigenvalue weighted by molar-refractivity contribution is -0.137. The van der Waals surface area contributed by atoms with Crippen LogP contribution < -0.4 is 5.32 Å². The predicted octanol–water partition coefficient (Wildman–Crippen LogP) is 1.51. The van der Waals surface area contributed by atoms with Crippen molar-refractivity contribution < 1.29 is 9.53 Å². The first-order valence-corrected chi connectivity index (χ1v) is 5.38. The number of piperidine rings is 1. The van der Waals surface area contributed by atoms with E-state index in [4.69, 9.17) is 4.74 Å². The Balaban J connectivity index is 2.39. The second-order valence-corrected chi connectivity index (χ2v) is 4.49. The zero-order chi connectivity index (χ0) is 10.6. The number of hydrogen-bond donors (Lipinski definition) is 1. The fourth-order valence-corrected chi connectivity index (χ4v) is 1.68. The quantitative estimate of drug-likeness (QED) is 0.746. The van der Waals surface area contributed by atoms with Gasteiger partial charge in [-0.1, -0.05) is 6.42 Å². The van der Waals surface area contributed by atoms with Crippen LogP contribution in [0.5, 0.6) is 0 Å². The molecule has 1 rings (SSSR count). The van der Waals surface area contributed by atoms with Crippen molar-refractivity contribution >= 4 is 5.78 Å². The van der Waals surface area contributed by atoms with E-state index in [0.717, 1.165) is 13.0 Å². The molecule has 1 aliphatic heterocycles. The minimum absolute atomic E-state index is 0.194. The molecule has 0 spiro atoms. The minimum atomic E-state index is -0.626. The lowest BCUT2D eigenvalue weighted by Gasteiger charge is -2.27. The summed E-state index contributed by atoms with van der Waals surface area (Å²) < 4.78 is 5.16. The Morgan fingerprint density at radius 1 is 1.50 bits per heavy atom. The van der Waals surface area contributed by atoms with Crippen LogP contribution in [0.2, 0.25) is 0 Å². The average molecular weight is 199 g/mol. The Morgan fingerprint density at radius 3 is 2.71 bits per heavy atom. The summed E-state index contributed by atoms with van der Waals surface area (Å²) in [6.45, 7) is 4.71. The SMILES string of the molecule is COC(C)(C)C(=O)CC1CCCCN1. The Morgan fingerprint density at radius 2 is 2.21 bits per heavy atom. The van der Waals surface area contributed by atoms with Gasteiger partial charge in [-0.3, -0.25) is 4.79 Å². The van der Waals surface area contributed by atoms with Gasteiger partial charge in [-0.25, -0.2) is 0 Å². The van der Waals surface area contributed by atoms with Gasteiger partial charge in [-0.05, 0) is 33.2 Å². The van der Waals surface area contributed by atoms with Crippen molar-refractivity contribution in [3.05, 3.63) is 0 Å². The maximum absolute atomic E-state index is 11.8. The van der Waals surface area contributed by atoms with Crippen LogP contribution in [0.25, 0.3) is 0 Å². The van der Waals surface area contributed by atoms with Crippen LogP contribution in [0, 0.1) is 0 Å². The maximum atomic E-state index is 11.8. The van der Waals surface area contributed by atoms with Crippen LogP contribution in [-0.4, -0.2) is 31.1 Å². The molecule has 82 valence electrons. The first-order chi connectivity index (χ1) is 6.56. The molecule has 0 amide bonds. The maximum Gasteiger partial charge on any atom is 0.165 e. The monoisotopic (exact) mass is 199 g/mol. The smallest absolute Gasteiger partial charge is 0.165 e. The number of methoxy groups -OCH3 is 1. The second kappa shape index (κ2) is 4.89. The predicted molar refractivity (Wildman–Crippen MR) is 56.4 cm³/mol. The number of carbonyl (C=O) groups is 1. The summed E-state index contributed by atoms with van der Waals surface area (Å²) in [6.07, 6.45) is 4.18. The standard InChI is InChI=1S/C11H21NO2/c1-11(2,14-3)10(13)8-9-6-4-5-7-12-9/h9,12H,4-8H2,1-3H3. The highest BCUT2D eigenvalue weighted by Gasteiger charge is 2.29. The van der Waals surface area contributed by atoms with Crippen molar-refractivity contribution in [3.8, 4) is 0 Å². The first kappa shape index (κ1) is 11.7. The number of Topliss-reactive ketones (excluding diaryl/α,β-unsaturated/α-hetero) is 1. The number of nitrogens with one attached hydrogen (secondary N) is 1. The van der Waals surface area contributed by atoms with Crippen LogP contribution in [0.4, 0.5) is 0 Å². The highest BCUT2D eigenvalue weighted by Crippen LogP contribution is 2.17. The van der Waals surface area contributed by atoms with Gasteiger partial charge >= 0.3 is 0 Å². The van der Waals surface area contributed by atoms with Crippen LogP contribution in [0.15, 0.2) is 0 Å². The van der Waals surface area contributed by atoms with E-state index in [-0.39, 0.29) is 5.78 Å². The minimum Gasteiger partial charge on any atom is -0.371 e. The Hall–Kier alpha value is -0.410. The molecule has 1 N–H and O–H groups in total. The van der Waals surface area contributed by atoms with Gasteiger partial charge < -0.3 is 10.1 Å².